The first-order valence-electron chi connectivity index (χ1n) is 9.80. The zero-order valence-electron chi connectivity index (χ0n) is 17.9. The van der Waals surface area contributed by atoms with Crippen molar-refractivity contribution in [3.63, 3.8) is 0 Å². The van der Waals surface area contributed by atoms with Crippen LogP contribution in [0.5, 0.6) is 11.5 Å². The first kappa shape index (κ1) is 25.2. The normalized spacial score (nSPS) is 10.7. The van der Waals surface area contributed by atoms with E-state index in [0.717, 1.165) is 0 Å². The number of anilines is 1. The third kappa shape index (κ3) is 7.26. The predicted molar refractivity (Wildman–Crippen MR) is 120 cm³/mol. The molecular weight excluding hydrogens is 452 g/mol. The number of hydrogen-bond donors (Lipinski definition) is 2. The molecule has 0 bridgehead atoms. The van der Waals surface area contributed by atoms with Crippen LogP contribution in [0.25, 0.3) is 6.08 Å². The van der Waals surface area contributed by atoms with Crippen molar-refractivity contribution in [1.82, 2.24) is 0 Å². The van der Waals surface area contributed by atoms with E-state index in [1.807, 2.05) is 0 Å². The molecule has 0 aromatic heterocycles. The minimum absolute atomic E-state index is 0.0122. The number of nitrogens with one attached hydrogen (secondary N) is 1. The molecule has 33 heavy (non-hydrogen) atoms. The quantitative estimate of drug-likeness (QED) is 0.301. The van der Waals surface area contributed by atoms with E-state index in [2.05, 4.69) is 5.32 Å². The summed E-state index contributed by atoms with van der Waals surface area (Å²) >= 11 is 6.29. The molecule has 0 heterocycles. The molecule has 2 aromatic rings. The molecule has 0 spiro atoms. The number of nitriles is 1. The molecule has 0 saturated carbocycles. The molecule has 0 atom stereocenters. The topological polar surface area (TPSA) is 135 Å². The number of amides is 1. The highest BCUT2D eigenvalue weighted by Crippen LogP contribution is 2.37. The maximum atomic E-state index is 12.5. The molecule has 0 aliphatic heterocycles. The van der Waals surface area contributed by atoms with Crippen LogP contribution in [-0.2, 0) is 14.3 Å². The van der Waals surface area contributed by atoms with Gasteiger partial charge < -0.3 is 24.6 Å². The fourth-order valence-corrected chi connectivity index (χ4v) is 2.93. The van der Waals surface area contributed by atoms with Crippen molar-refractivity contribution in [2.24, 2.45) is 0 Å². The van der Waals surface area contributed by atoms with Crippen LogP contribution in [0.4, 0.5) is 5.69 Å². The molecule has 1 amide bonds. The Morgan fingerprint density at radius 1 is 1.15 bits per heavy atom. The van der Waals surface area contributed by atoms with E-state index in [1.54, 1.807) is 19.9 Å². The van der Waals surface area contributed by atoms with Crippen LogP contribution in [0, 0.1) is 11.3 Å². The largest absolute Gasteiger partial charge is 0.490 e. The van der Waals surface area contributed by atoms with Gasteiger partial charge in [0, 0.05) is 5.69 Å². The Labute approximate surface area is 195 Å². The van der Waals surface area contributed by atoms with E-state index in [9.17, 15) is 19.6 Å². The van der Waals surface area contributed by atoms with Crippen molar-refractivity contribution in [1.29, 1.82) is 5.26 Å². The summed E-state index contributed by atoms with van der Waals surface area (Å²) < 4.78 is 15.8. The lowest BCUT2D eigenvalue weighted by molar-refractivity contribution is -0.145. The van der Waals surface area contributed by atoms with Gasteiger partial charge in [-0.3, -0.25) is 4.79 Å². The number of carbonyl (C=O) groups is 3. The van der Waals surface area contributed by atoms with Crippen molar-refractivity contribution in [2.45, 2.75) is 13.8 Å². The van der Waals surface area contributed by atoms with Crippen LogP contribution in [-0.4, -0.2) is 42.8 Å². The summed E-state index contributed by atoms with van der Waals surface area (Å²) in [6.07, 6.45) is 1.29. The zero-order chi connectivity index (χ0) is 24.4. The van der Waals surface area contributed by atoms with Crippen LogP contribution in [0.15, 0.2) is 42.0 Å². The van der Waals surface area contributed by atoms with Crippen LogP contribution in [0.3, 0.4) is 0 Å². The van der Waals surface area contributed by atoms with E-state index in [1.165, 1.54) is 42.5 Å². The molecule has 9 nitrogen and oxygen atoms in total. The summed E-state index contributed by atoms with van der Waals surface area (Å²) in [7, 11) is 0. The van der Waals surface area contributed by atoms with Crippen molar-refractivity contribution in [2.75, 3.05) is 25.1 Å². The lowest BCUT2D eigenvalue weighted by Crippen LogP contribution is -2.15. The Kier molecular flexibility index (Phi) is 9.27. The third-order valence-electron chi connectivity index (χ3n) is 4.01. The average Bonchev–Trinajstić information content (AvgIpc) is 2.77. The molecule has 0 aliphatic carbocycles. The van der Waals surface area contributed by atoms with E-state index in [0.29, 0.717) is 5.56 Å². The van der Waals surface area contributed by atoms with Crippen molar-refractivity contribution in [3.05, 3.63) is 58.1 Å². The second-order valence-corrected chi connectivity index (χ2v) is 6.77. The number of carboxylic acids is 1. The number of aromatic carboxylic acids is 1. The van der Waals surface area contributed by atoms with Gasteiger partial charge in [-0.1, -0.05) is 17.7 Å². The minimum atomic E-state index is -1.15. The standard InChI is InChI=1S/C23H21ClN2O7/c1-3-31-19-10-14(9-18(24)21(19)33-13-20(27)32-4-2)8-16(12-25)22(28)26-17-7-5-6-15(11-17)23(29)30/h5-11H,3-4,13H2,1-2H3,(H,26,28)(H,29,30)/b16-8-. The van der Waals surface area contributed by atoms with Crippen molar-refractivity contribution in [3.8, 4) is 17.6 Å². The Morgan fingerprint density at radius 2 is 1.91 bits per heavy atom. The molecule has 0 aliphatic rings. The maximum Gasteiger partial charge on any atom is 0.344 e. The van der Waals surface area contributed by atoms with Crippen LogP contribution >= 0.6 is 11.6 Å². The second kappa shape index (κ2) is 12.1. The fourth-order valence-electron chi connectivity index (χ4n) is 2.65. The monoisotopic (exact) mass is 472 g/mol. The van der Waals surface area contributed by atoms with E-state index >= 15 is 0 Å². The summed E-state index contributed by atoms with van der Waals surface area (Å²) in [4.78, 5) is 35.2. The molecule has 0 fully saturated rings. The molecule has 0 unspecified atom stereocenters. The van der Waals surface area contributed by atoms with Gasteiger partial charge >= 0.3 is 11.9 Å². The Bertz CT molecular complexity index is 1120. The smallest absolute Gasteiger partial charge is 0.344 e. The van der Waals surface area contributed by atoms with Gasteiger partial charge in [0.15, 0.2) is 18.1 Å². The fraction of sp³-hybridized carbons (Fsp3) is 0.217. The van der Waals surface area contributed by atoms with E-state index in [-0.39, 0.29) is 53.2 Å². The van der Waals surface area contributed by atoms with Gasteiger partial charge in [0.2, 0.25) is 0 Å². The summed E-state index contributed by atoms with van der Waals surface area (Å²) in [6.45, 7) is 3.51. The van der Waals surface area contributed by atoms with Crippen molar-refractivity contribution < 1.29 is 33.7 Å². The van der Waals surface area contributed by atoms with Gasteiger partial charge in [-0.05, 0) is 55.8 Å². The lowest BCUT2D eigenvalue weighted by Gasteiger charge is -2.14. The molecule has 2 aromatic carbocycles. The Hall–Kier alpha value is -4.03. The summed E-state index contributed by atoms with van der Waals surface area (Å²) in [6, 6.07) is 10.4. The second-order valence-electron chi connectivity index (χ2n) is 6.37. The molecule has 10 heteroatoms. The van der Waals surface area contributed by atoms with Gasteiger partial charge in [0.05, 0.1) is 23.8 Å². The third-order valence-corrected chi connectivity index (χ3v) is 4.30. The molecule has 2 N–H and O–H groups in total. The van der Waals surface area contributed by atoms with Crippen LogP contribution < -0.4 is 14.8 Å². The SMILES string of the molecule is CCOC(=O)COc1c(Cl)cc(/C=C(/C#N)C(=O)Nc2cccc(C(=O)O)c2)cc1OCC. The number of hydrogen-bond acceptors (Lipinski definition) is 7. The number of rotatable bonds is 10. The Morgan fingerprint density at radius 3 is 2.55 bits per heavy atom. The van der Waals surface area contributed by atoms with Crippen molar-refractivity contribution >= 4 is 41.2 Å². The van der Waals surface area contributed by atoms with Gasteiger partial charge in [0.25, 0.3) is 5.91 Å². The number of esters is 1. The van der Waals surface area contributed by atoms with E-state index in [4.69, 9.17) is 30.9 Å². The predicted octanol–water partition coefficient (Wildman–Crippen LogP) is 3.92. The number of benzene rings is 2. The molecule has 2 rings (SSSR count). The van der Waals surface area contributed by atoms with Crippen LogP contribution in [0.1, 0.15) is 29.8 Å². The highest BCUT2D eigenvalue weighted by atomic mass is 35.5. The zero-order valence-corrected chi connectivity index (χ0v) is 18.6. The van der Waals surface area contributed by atoms with Gasteiger partial charge in [-0.2, -0.15) is 5.26 Å². The summed E-state index contributed by atoms with van der Waals surface area (Å²) in [5, 5.41) is 21.1. The number of carboxylic acid groups (broad SMARTS) is 1. The number of carbonyl (C=O) groups excluding carboxylic acids is 2. The summed E-state index contributed by atoms with van der Waals surface area (Å²) in [5.74, 6) is -2.12. The highest BCUT2D eigenvalue weighted by Gasteiger charge is 2.16. The average molecular weight is 473 g/mol. The maximum absolute atomic E-state index is 12.5. The molecule has 0 radical (unpaired) electrons. The number of nitrogens with zero attached hydrogens (tertiary/aromatic N) is 1. The van der Waals surface area contributed by atoms with Gasteiger partial charge in [0.1, 0.15) is 11.6 Å². The Balaban J connectivity index is 2.29. The number of halogens is 1. The van der Waals surface area contributed by atoms with Gasteiger partial charge in [-0.25, -0.2) is 9.59 Å². The molecule has 172 valence electrons. The first-order chi connectivity index (χ1) is 15.8. The lowest BCUT2D eigenvalue weighted by atomic mass is 10.1. The number of ether oxygens (including phenoxy) is 3. The van der Waals surface area contributed by atoms with E-state index < -0.39 is 17.8 Å². The van der Waals surface area contributed by atoms with Crippen LogP contribution in [0.2, 0.25) is 5.02 Å². The first-order valence-corrected chi connectivity index (χ1v) is 10.2. The summed E-state index contributed by atoms with van der Waals surface area (Å²) in [5.41, 5.74) is 0.325. The minimum Gasteiger partial charge on any atom is -0.490 e. The van der Waals surface area contributed by atoms with Gasteiger partial charge in [-0.15, -0.1) is 0 Å². The highest BCUT2D eigenvalue weighted by molar-refractivity contribution is 6.32. The molecular formula is C23H21ClN2O7. The molecule has 0 saturated heterocycles.